The van der Waals surface area contributed by atoms with E-state index in [1.165, 1.54) is 24.3 Å². The molecule has 0 spiro atoms. The highest BCUT2D eigenvalue weighted by molar-refractivity contribution is 5.82. The Balaban J connectivity index is 2.18. The molecule has 0 radical (unpaired) electrons. The lowest BCUT2D eigenvalue weighted by Crippen LogP contribution is -2.15. The minimum atomic E-state index is -1.10. The van der Waals surface area contributed by atoms with E-state index in [0.717, 1.165) is 12.1 Å². The third-order valence-corrected chi connectivity index (χ3v) is 3.53. The first-order valence-electron chi connectivity index (χ1n) is 6.37. The molecule has 1 atom stereocenters. The van der Waals surface area contributed by atoms with Crippen molar-refractivity contribution in [1.82, 2.24) is 0 Å². The highest BCUT2D eigenvalue weighted by Gasteiger charge is 2.24. The zero-order chi connectivity index (χ0) is 15.1. The van der Waals surface area contributed by atoms with Gasteiger partial charge in [0.15, 0.2) is 0 Å². The number of aryl methyl sites for hydroxylation is 1. The quantitative estimate of drug-likeness (QED) is 0.768. The fraction of sp³-hybridized carbons (Fsp3) is 0.125. The molecule has 0 amide bonds. The monoisotopic (exact) mass is 291 g/mol. The summed E-state index contributed by atoms with van der Waals surface area (Å²) in [6.07, 6.45) is 0. The maximum atomic E-state index is 13.8. The van der Waals surface area contributed by atoms with Crippen LogP contribution in [0.25, 0.3) is 11.0 Å². The maximum absolute atomic E-state index is 13.8. The molecular formula is C16H12F3NO. The molecule has 0 aliphatic carbocycles. The van der Waals surface area contributed by atoms with Crippen LogP contribution in [-0.4, -0.2) is 0 Å². The summed E-state index contributed by atoms with van der Waals surface area (Å²) in [5.41, 5.74) is 6.69. The van der Waals surface area contributed by atoms with E-state index in [4.69, 9.17) is 10.2 Å². The van der Waals surface area contributed by atoms with E-state index in [1.54, 1.807) is 6.92 Å². The lowest BCUT2D eigenvalue weighted by Gasteiger charge is -2.12. The van der Waals surface area contributed by atoms with E-state index >= 15 is 0 Å². The topological polar surface area (TPSA) is 39.2 Å². The van der Waals surface area contributed by atoms with Crippen LogP contribution in [0.3, 0.4) is 0 Å². The van der Waals surface area contributed by atoms with E-state index < -0.39 is 23.5 Å². The first-order chi connectivity index (χ1) is 9.99. The van der Waals surface area contributed by atoms with Gasteiger partial charge in [-0.15, -0.1) is 0 Å². The SMILES string of the molecule is Cc1c(C(N)c2c(F)cccc2F)oc2ccc(F)cc12. The second-order valence-electron chi connectivity index (χ2n) is 4.84. The van der Waals surface area contributed by atoms with Crippen molar-refractivity contribution in [2.24, 2.45) is 5.73 Å². The molecule has 108 valence electrons. The van der Waals surface area contributed by atoms with Gasteiger partial charge in [0.2, 0.25) is 0 Å². The van der Waals surface area contributed by atoms with Crippen molar-refractivity contribution in [3.63, 3.8) is 0 Å². The molecule has 1 unspecified atom stereocenters. The van der Waals surface area contributed by atoms with Crippen LogP contribution >= 0.6 is 0 Å². The van der Waals surface area contributed by atoms with Crippen molar-refractivity contribution in [2.75, 3.05) is 0 Å². The number of halogens is 3. The minimum Gasteiger partial charge on any atom is -0.459 e. The molecule has 0 aliphatic heterocycles. The molecule has 5 heteroatoms. The van der Waals surface area contributed by atoms with E-state index in [9.17, 15) is 13.2 Å². The molecule has 0 saturated heterocycles. The molecule has 0 fully saturated rings. The van der Waals surface area contributed by atoms with E-state index in [0.29, 0.717) is 16.5 Å². The highest BCUT2D eigenvalue weighted by atomic mass is 19.1. The van der Waals surface area contributed by atoms with Crippen molar-refractivity contribution in [1.29, 1.82) is 0 Å². The van der Waals surface area contributed by atoms with E-state index in [-0.39, 0.29) is 11.3 Å². The summed E-state index contributed by atoms with van der Waals surface area (Å²) in [4.78, 5) is 0. The lowest BCUT2D eigenvalue weighted by atomic mass is 10.0. The van der Waals surface area contributed by atoms with Crippen molar-refractivity contribution >= 4 is 11.0 Å². The minimum absolute atomic E-state index is 0.222. The van der Waals surface area contributed by atoms with Gasteiger partial charge in [0.05, 0.1) is 6.04 Å². The number of hydrogen-bond donors (Lipinski definition) is 1. The Morgan fingerprint density at radius 3 is 2.38 bits per heavy atom. The number of hydrogen-bond acceptors (Lipinski definition) is 2. The second kappa shape index (κ2) is 4.93. The Morgan fingerprint density at radius 1 is 1.05 bits per heavy atom. The van der Waals surface area contributed by atoms with Crippen LogP contribution in [0.1, 0.15) is 22.9 Å². The van der Waals surface area contributed by atoms with Gasteiger partial charge in [-0.25, -0.2) is 13.2 Å². The molecule has 21 heavy (non-hydrogen) atoms. The van der Waals surface area contributed by atoms with Crippen LogP contribution in [0, 0.1) is 24.4 Å². The van der Waals surface area contributed by atoms with Crippen LogP contribution in [0.4, 0.5) is 13.2 Å². The highest BCUT2D eigenvalue weighted by Crippen LogP contribution is 2.33. The van der Waals surface area contributed by atoms with Gasteiger partial charge in [0.1, 0.15) is 28.8 Å². The summed E-state index contributed by atoms with van der Waals surface area (Å²) in [7, 11) is 0. The Bertz CT molecular complexity index is 805. The smallest absolute Gasteiger partial charge is 0.134 e. The first-order valence-corrected chi connectivity index (χ1v) is 6.37. The average molecular weight is 291 g/mol. The normalized spacial score (nSPS) is 12.8. The van der Waals surface area contributed by atoms with Gasteiger partial charge < -0.3 is 10.2 Å². The second-order valence-corrected chi connectivity index (χ2v) is 4.84. The lowest BCUT2D eigenvalue weighted by molar-refractivity contribution is 0.485. The Labute approximate surface area is 119 Å². The van der Waals surface area contributed by atoms with Crippen molar-refractivity contribution < 1.29 is 17.6 Å². The number of nitrogens with two attached hydrogens (primary N) is 1. The number of fused-ring (bicyclic) bond motifs is 1. The summed E-state index contributed by atoms with van der Waals surface area (Å²) in [6, 6.07) is 6.47. The summed E-state index contributed by atoms with van der Waals surface area (Å²) in [5.74, 6) is -1.68. The fourth-order valence-corrected chi connectivity index (χ4v) is 2.45. The molecule has 2 aromatic carbocycles. The van der Waals surface area contributed by atoms with E-state index in [2.05, 4.69) is 0 Å². The summed E-state index contributed by atoms with van der Waals surface area (Å²) < 4.78 is 46.5. The van der Waals surface area contributed by atoms with Crippen LogP contribution < -0.4 is 5.73 Å². The zero-order valence-electron chi connectivity index (χ0n) is 11.2. The van der Waals surface area contributed by atoms with Gasteiger partial charge in [-0.2, -0.15) is 0 Å². The Morgan fingerprint density at radius 2 is 1.71 bits per heavy atom. The van der Waals surface area contributed by atoms with Crippen molar-refractivity contribution in [3.8, 4) is 0 Å². The van der Waals surface area contributed by atoms with Crippen LogP contribution in [0.15, 0.2) is 40.8 Å². The number of rotatable bonds is 2. The average Bonchev–Trinajstić information content (AvgIpc) is 2.76. The molecule has 0 aliphatic rings. The molecule has 1 aromatic heterocycles. The van der Waals surface area contributed by atoms with Gasteiger partial charge in [0.25, 0.3) is 0 Å². The van der Waals surface area contributed by atoms with Crippen LogP contribution in [0.5, 0.6) is 0 Å². The van der Waals surface area contributed by atoms with Gasteiger partial charge in [-0.1, -0.05) is 6.07 Å². The largest absolute Gasteiger partial charge is 0.459 e. The Kier molecular flexibility index (Phi) is 3.22. The van der Waals surface area contributed by atoms with Crippen molar-refractivity contribution in [3.05, 3.63) is 70.7 Å². The molecule has 0 bridgehead atoms. The standard InChI is InChI=1S/C16H12F3NO/c1-8-10-7-9(17)5-6-13(10)21-16(8)15(20)14-11(18)3-2-4-12(14)19/h2-7,15H,20H2,1H3. The summed E-state index contributed by atoms with van der Waals surface area (Å²) >= 11 is 0. The predicted molar refractivity (Wildman–Crippen MR) is 73.3 cm³/mol. The number of benzene rings is 2. The van der Waals surface area contributed by atoms with Gasteiger partial charge in [0, 0.05) is 16.5 Å². The summed E-state index contributed by atoms with van der Waals surface area (Å²) in [6.45, 7) is 1.68. The van der Waals surface area contributed by atoms with Crippen molar-refractivity contribution in [2.45, 2.75) is 13.0 Å². The first kappa shape index (κ1) is 13.7. The maximum Gasteiger partial charge on any atom is 0.134 e. The third-order valence-electron chi connectivity index (χ3n) is 3.53. The van der Waals surface area contributed by atoms with Gasteiger partial charge in [-0.05, 0) is 37.3 Å². The molecule has 3 rings (SSSR count). The van der Waals surface area contributed by atoms with Crippen LogP contribution in [0.2, 0.25) is 0 Å². The molecular weight excluding hydrogens is 279 g/mol. The van der Waals surface area contributed by atoms with Crippen LogP contribution in [-0.2, 0) is 0 Å². The molecule has 2 N–H and O–H groups in total. The molecule has 1 heterocycles. The third kappa shape index (κ3) is 2.19. The molecule has 0 saturated carbocycles. The van der Waals surface area contributed by atoms with Gasteiger partial charge >= 0.3 is 0 Å². The Hall–Kier alpha value is -2.27. The summed E-state index contributed by atoms with van der Waals surface area (Å²) in [5, 5.41) is 0.539. The number of furan rings is 1. The zero-order valence-corrected chi connectivity index (χ0v) is 11.2. The fourth-order valence-electron chi connectivity index (χ4n) is 2.45. The predicted octanol–water partition coefficient (Wildman–Crippen LogP) is 4.21. The van der Waals surface area contributed by atoms with Gasteiger partial charge in [-0.3, -0.25) is 0 Å². The molecule has 3 aromatic rings. The van der Waals surface area contributed by atoms with E-state index in [1.807, 2.05) is 0 Å². The molecule has 2 nitrogen and oxygen atoms in total.